The van der Waals surface area contributed by atoms with Gasteiger partial charge in [-0.2, -0.15) is 0 Å². The van der Waals surface area contributed by atoms with Gasteiger partial charge in [0.25, 0.3) is 5.91 Å². The fraction of sp³-hybridized carbons (Fsp3) is 0.583. The molecule has 0 bridgehead atoms. The smallest absolute Gasteiger partial charge is 0.261 e. The third-order valence-electron chi connectivity index (χ3n) is 2.54. The highest BCUT2D eigenvalue weighted by molar-refractivity contribution is 9.11. The number of amides is 1. The average Bonchev–Trinajstić information content (AvgIpc) is 2.67. The van der Waals surface area contributed by atoms with Crippen LogP contribution in [0.1, 0.15) is 15.2 Å². The summed E-state index contributed by atoms with van der Waals surface area (Å²) in [5.41, 5.74) is 1.10. The number of thiophene rings is 1. The molecule has 1 N–H and O–H groups in total. The fourth-order valence-electron chi connectivity index (χ4n) is 1.38. The Kier molecular flexibility index (Phi) is 6.85. The molecule has 1 aromatic heterocycles. The largest absolute Gasteiger partial charge is 0.383 e. The molecule has 0 fully saturated rings. The van der Waals surface area contributed by atoms with Gasteiger partial charge in [-0.15, -0.1) is 11.3 Å². The van der Waals surface area contributed by atoms with Gasteiger partial charge in [-0.3, -0.25) is 4.79 Å². The van der Waals surface area contributed by atoms with Crippen LogP contribution < -0.4 is 5.32 Å². The molecule has 1 rings (SSSR count). The Morgan fingerprint density at radius 1 is 1.56 bits per heavy atom. The minimum absolute atomic E-state index is 0.00561. The van der Waals surface area contributed by atoms with E-state index in [0.717, 1.165) is 27.3 Å². The fourth-order valence-corrected chi connectivity index (χ4v) is 2.83. The van der Waals surface area contributed by atoms with Gasteiger partial charge in [-0.05, 0) is 41.5 Å². The van der Waals surface area contributed by atoms with Gasteiger partial charge in [-0.1, -0.05) is 0 Å². The normalized spacial score (nSPS) is 10.9. The highest BCUT2D eigenvalue weighted by Gasteiger charge is 2.10. The second-order valence-electron chi connectivity index (χ2n) is 4.12. The molecule has 1 aromatic rings. The van der Waals surface area contributed by atoms with E-state index < -0.39 is 0 Å². The number of rotatable bonds is 7. The molecule has 0 aliphatic rings. The summed E-state index contributed by atoms with van der Waals surface area (Å²) in [6, 6.07) is 1.90. The van der Waals surface area contributed by atoms with Gasteiger partial charge in [-0.25, -0.2) is 0 Å². The zero-order valence-electron chi connectivity index (χ0n) is 11.0. The first-order valence-electron chi connectivity index (χ1n) is 5.76. The monoisotopic (exact) mass is 334 g/mol. The predicted molar refractivity (Wildman–Crippen MR) is 78.5 cm³/mol. The van der Waals surface area contributed by atoms with Crippen molar-refractivity contribution in [3.8, 4) is 0 Å². The van der Waals surface area contributed by atoms with E-state index in [1.165, 1.54) is 11.3 Å². The lowest BCUT2D eigenvalue weighted by atomic mass is 10.3. The Hall–Kier alpha value is -0.430. The maximum Gasteiger partial charge on any atom is 0.261 e. The molecule has 18 heavy (non-hydrogen) atoms. The molecule has 1 amide bonds. The van der Waals surface area contributed by atoms with Crippen LogP contribution in [-0.2, 0) is 4.74 Å². The van der Waals surface area contributed by atoms with Gasteiger partial charge in [0.1, 0.15) is 0 Å². The molecule has 0 radical (unpaired) electrons. The third kappa shape index (κ3) is 5.06. The number of methoxy groups -OCH3 is 1. The first kappa shape index (κ1) is 15.6. The van der Waals surface area contributed by atoms with Crippen LogP contribution in [0.3, 0.4) is 0 Å². The SMILES string of the molecule is COCCN(C)CCNC(=O)c1cc(C)c(Br)s1. The first-order chi connectivity index (χ1) is 8.54. The number of likely N-dealkylation sites (N-methyl/N-ethyl adjacent to an activating group) is 1. The molecule has 0 aromatic carbocycles. The van der Waals surface area contributed by atoms with Gasteiger partial charge in [0.2, 0.25) is 0 Å². The summed E-state index contributed by atoms with van der Waals surface area (Å²) in [7, 11) is 3.70. The summed E-state index contributed by atoms with van der Waals surface area (Å²) >= 11 is 4.89. The van der Waals surface area contributed by atoms with Gasteiger partial charge in [0.05, 0.1) is 15.3 Å². The Morgan fingerprint density at radius 3 is 2.83 bits per heavy atom. The van der Waals surface area contributed by atoms with Crippen LogP contribution in [0.25, 0.3) is 0 Å². The van der Waals surface area contributed by atoms with Crippen molar-refractivity contribution >= 4 is 33.2 Å². The van der Waals surface area contributed by atoms with E-state index in [-0.39, 0.29) is 5.91 Å². The molecule has 0 saturated carbocycles. The lowest BCUT2D eigenvalue weighted by Crippen LogP contribution is -2.34. The van der Waals surface area contributed by atoms with Gasteiger partial charge in [0.15, 0.2) is 0 Å². The summed E-state index contributed by atoms with van der Waals surface area (Å²) in [5.74, 6) is -0.00561. The molecule has 0 atom stereocenters. The second-order valence-corrected chi connectivity index (χ2v) is 6.49. The summed E-state index contributed by atoms with van der Waals surface area (Å²) in [6.45, 7) is 5.03. The Bertz CT molecular complexity index is 376. The van der Waals surface area contributed by atoms with Crippen LogP contribution in [0, 0.1) is 6.92 Å². The quantitative estimate of drug-likeness (QED) is 0.830. The van der Waals surface area contributed by atoms with Crippen LogP contribution in [0.4, 0.5) is 0 Å². The molecule has 0 spiro atoms. The molecule has 0 unspecified atom stereocenters. The maximum atomic E-state index is 11.8. The van der Waals surface area contributed by atoms with Crippen molar-refractivity contribution in [2.45, 2.75) is 6.92 Å². The Labute approximate surface area is 120 Å². The van der Waals surface area contributed by atoms with Crippen molar-refractivity contribution in [1.29, 1.82) is 0 Å². The molecule has 0 aliphatic heterocycles. The highest BCUT2D eigenvalue weighted by Crippen LogP contribution is 2.27. The van der Waals surface area contributed by atoms with E-state index >= 15 is 0 Å². The highest BCUT2D eigenvalue weighted by atomic mass is 79.9. The van der Waals surface area contributed by atoms with E-state index in [0.29, 0.717) is 13.2 Å². The topological polar surface area (TPSA) is 41.6 Å². The van der Waals surface area contributed by atoms with Crippen molar-refractivity contribution < 1.29 is 9.53 Å². The average molecular weight is 335 g/mol. The third-order valence-corrected chi connectivity index (χ3v) is 4.67. The summed E-state index contributed by atoms with van der Waals surface area (Å²) in [5, 5.41) is 2.91. The van der Waals surface area contributed by atoms with Crippen molar-refractivity contribution in [3.63, 3.8) is 0 Å². The zero-order chi connectivity index (χ0) is 13.5. The maximum absolute atomic E-state index is 11.8. The van der Waals surface area contributed by atoms with E-state index in [2.05, 4.69) is 26.1 Å². The second kappa shape index (κ2) is 7.89. The van der Waals surface area contributed by atoms with Gasteiger partial charge < -0.3 is 15.0 Å². The molecule has 4 nitrogen and oxygen atoms in total. The number of ether oxygens (including phenoxy) is 1. The number of hydrogen-bond donors (Lipinski definition) is 1. The molecular formula is C12H19BrN2O2S. The Morgan fingerprint density at radius 2 is 2.28 bits per heavy atom. The van der Waals surface area contributed by atoms with Crippen LogP contribution in [0.2, 0.25) is 0 Å². The number of carbonyl (C=O) groups excluding carboxylic acids is 1. The molecule has 6 heteroatoms. The minimum atomic E-state index is -0.00561. The van der Waals surface area contributed by atoms with E-state index in [1.54, 1.807) is 7.11 Å². The van der Waals surface area contributed by atoms with E-state index in [9.17, 15) is 4.79 Å². The van der Waals surface area contributed by atoms with Crippen LogP contribution in [-0.4, -0.2) is 51.2 Å². The minimum Gasteiger partial charge on any atom is -0.383 e. The molecular weight excluding hydrogens is 316 g/mol. The van der Waals surface area contributed by atoms with Crippen LogP contribution >= 0.6 is 27.3 Å². The molecule has 102 valence electrons. The van der Waals surface area contributed by atoms with Crippen molar-refractivity contribution in [2.75, 3.05) is 40.4 Å². The van der Waals surface area contributed by atoms with Crippen LogP contribution in [0.15, 0.2) is 9.85 Å². The van der Waals surface area contributed by atoms with Crippen molar-refractivity contribution in [3.05, 3.63) is 20.3 Å². The molecule has 0 saturated heterocycles. The summed E-state index contributed by atoms with van der Waals surface area (Å²) in [4.78, 5) is 14.7. The number of hydrogen-bond acceptors (Lipinski definition) is 4. The van der Waals surface area contributed by atoms with Crippen molar-refractivity contribution in [1.82, 2.24) is 10.2 Å². The number of halogens is 1. The lowest BCUT2D eigenvalue weighted by molar-refractivity contribution is 0.0951. The van der Waals surface area contributed by atoms with Crippen LogP contribution in [0.5, 0.6) is 0 Å². The van der Waals surface area contributed by atoms with Gasteiger partial charge >= 0.3 is 0 Å². The number of nitrogens with zero attached hydrogens (tertiary/aromatic N) is 1. The van der Waals surface area contributed by atoms with E-state index in [1.807, 2.05) is 20.0 Å². The first-order valence-corrected chi connectivity index (χ1v) is 7.37. The number of aryl methyl sites for hydroxylation is 1. The van der Waals surface area contributed by atoms with Gasteiger partial charge in [0, 0.05) is 26.7 Å². The number of carbonyl (C=O) groups is 1. The Balaban J connectivity index is 2.29. The molecule has 0 aliphatic carbocycles. The number of nitrogens with one attached hydrogen (secondary N) is 1. The zero-order valence-corrected chi connectivity index (χ0v) is 13.4. The van der Waals surface area contributed by atoms with E-state index in [4.69, 9.17) is 4.74 Å². The lowest BCUT2D eigenvalue weighted by Gasteiger charge is -2.15. The summed E-state index contributed by atoms with van der Waals surface area (Å²) in [6.07, 6.45) is 0. The van der Waals surface area contributed by atoms with Crippen molar-refractivity contribution in [2.24, 2.45) is 0 Å². The predicted octanol–water partition coefficient (Wildman–Crippen LogP) is 2.13. The summed E-state index contributed by atoms with van der Waals surface area (Å²) < 4.78 is 6.01. The molecule has 1 heterocycles. The standard InChI is InChI=1S/C12H19BrN2O2S/c1-9-8-10(18-11(9)13)12(16)14-4-5-15(2)6-7-17-3/h8H,4-7H2,1-3H3,(H,14,16).